The average Bonchev–Trinajstić information content (AvgIpc) is 4.14. The van der Waals surface area contributed by atoms with Gasteiger partial charge in [-0.3, -0.25) is 0 Å². The highest BCUT2D eigenvalue weighted by atomic mass is 16.3. The Morgan fingerprint density at radius 1 is 0.273 bits per heavy atom. The zero-order chi connectivity index (χ0) is 43.3. The molecule has 66 heavy (non-hydrogen) atoms. The largest absolute Gasteiger partial charge is 0.456 e. The number of nitrogens with zero attached hydrogens (tertiary/aromatic N) is 3. The molecule has 6 nitrogen and oxygen atoms in total. The highest BCUT2D eigenvalue weighted by molar-refractivity contribution is 6.21. The van der Waals surface area contributed by atoms with E-state index in [1.807, 2.05) is 30.3 Å². The summed E-state index contributed by atoms with van der Waals surface area (Å²) in [7, 11) is 0. The molecule has 4 aromatic heterocycles. The van der Waals surface area contributed by atoms with Crippen molar-refractivity contribution in [2.75, 3.05) is 9.80 Å². The lowest BCUT2D eigenvalue weighted by molar-refractivity contribution is 0.668. The molecule has 10 aromatic carbocycles. The van der Waals surface area contributed by atoms with Gasteiger partial charge in [-0.2, -0.15) is 0 Å². The van der Waals surface area contributed by atoms with Crippen molar-refractivity contribution in [1.29, 1.82) is 0 Å². The van der Waals surface area contributed by atoms with E-state index in [1.54, 1.807) is 0 Å². The van der Waals surface area contributed by atoms with E-state index in [9.17, 15) is 0 Å². The number of benzene rings is 10. The van der Waals surface area contributed by atoms with E-state index in [2.05, 4.69) is 208 Å². The standard InChI is InChI=1S/C60H37N3O3/c1-3-17-38(18-4-1)61(48-26-15-31-56-59(48)44-23-9-13-29-53(44)65-56)41-36-50(62(39-19-5-2-6-20-39)49-27-16-32-57-60(49)45-24-10-14-30-54(45)66-57)58-43-22-7-11-25-47(43)63(51(58)37-41)40-33-34-55-46(35-40)42-21-8-12-28-52(42)64-55/h1-37H. The highest BCUT2D eigenvalue weighted by Crippen LogP contribution is 2.51. The molecule has 0 aliphatic heterocycles. The van der Waals surface area contributed by atoms with Gasteiger partial charge < -0.3 is 27.6 Å². The van der Waals surface area contributed by atoms with Crippen LogP contribution < -0.4 is 9.80 Å². The van der Waals surface area contributed by atoms with Gasteiger partial charge in [0.1, 0.15) is 33.5 Å². The SMILES string of the molecule is c1ccc(N(c2cc(N(c3ccccc3)c3cccc4oc5ccccc5c34)c3c4ccccc4n(-c4ccc5oc6ccccc6c5c4)c3c2)c2cccc3oc4ccccc4c23)cc1. The van der Waals surface area contributed by atoms with Crippen LogP contribution in [-0.4, -0.2) is 4.57 Å². The molecular weight excluding hydrogens is 811 g/mol. The van der Waals surface area contributed by atoms with Crippen molar-refractivity contribution >= 4 is 122 Å². The molecule has 0 spiro atoms. The van der Waals surface area contributed by atoms with Crippen molar-refractivity contribution in [2.45, 2.75) is 0 Å². The van der Waals surface area contributed by atoms with Crippen molar-refractivity contribution in [2.24, 2.45) is 0 Å². The average molecular weight is 848 g/mol. The third kappa shape index (κ3) is 5.42. The van der Waals surface area contributed by atoms with E-state index in [-0.39, 0.29) is 0 Å². The van der Waals surface area contributed by atoms with Crippen LogP contribution in [0.15, 0.2) is 238 Å². The van der Waals surface area contributed by atoms with Gasteiger partial charge in [0, 0.05) is 49.4 Å². The lowest BCUT2D eigenvalue weighted by Gasteiger charge is -2.31. The fraction of sp³-hybridized carbons (Fsp3) is 0. The van der Waals surface area contributed by atoms with Crippen molar-refractivity contribution in [3.05, 3.63) is 224 Å². The van der Waals surface area contributed by atoms with Crippen LogP contribution in [0.2, 0.25) is 0 Å². The molecule has 0 aliphatic rings. The number of hydrogen-bond acceptors (Lipinski definition) is 5. The molecule has 14 aromatic rings. The first kappa shape index (κ1) is 36.5. The van der Waals surface area contributed by atoms with E-state index in [0.29, 0.717) is 0 Å². The number of furan rings is 3. The van der Waals surface area contributed by atoms with Crippen LogP contribution in [-0.2, 0) is 0 Å². The summed E-state index contributed by atoms with van der Waals surface area (Å²) in [5, 5.41) is 8.61. The quantitative estimate of drug-likeness (QED) is 0.160. The highest BCUT2D eigenvalue weighted by Gasteiger charge is 2.28. The van der Waals surface area contributed by atoms with E-state index < -0.39 is 0 Å². The monoisotopic (exact) mass is 847 g/mol. The topological polar surface area (TPSA) is 50.8 Å². The van der Waals surface area contributed by atoms with Gasteiger partial charge in [-0.1, -0.05) is 121 Å². The smallest absolute Gasteiger partial charge is 0.137 e. The molecule has 310 valence electrons. The molecule has 4 heterocycles. The Kier molecular flexibility index (Phi) is 7.88. The van der Waals surface area contributed by atoms with Gasteiger partial charge in [0.2, 0.25) is 0 Å². The lowest BCUT2D eigenvalue weighted by atomic mass is 10.0. The maximum atomic E-state index is 6.58. The second-order valence-electron chi connectivity index (χ2n) is 16.8. The number of para-hydroxylation sites is 6. The Balaban J connectivity index is 1.16. The zero-order valence-electron chi connectivity index (χ0n) is 35.4. The fourth-order valence-electron chi connectivity index (χ4n) is 10.4. The Labute approximate surface area is 377 Å². The van der Waals surface area contributed by atoms with Crippen LogP contribution in [0.3, 0.4) is 0 Å². The normalized spacial score (nSPS) is 11.9. The van der Waals surface area contributed by atoms with Gasteiger partial charge in [-0.25, -0.2) is 0 Å². The summed E-state index contributed by atoms with van der Waals surface area (Å²) in [6.07, 6.45) is 0. The van der Waals surface area contributed by atoms with Gasteiger partial charge >= 0.3 is 0 Å². The van der Waals surface area contributed by atoms with Crippen molar-refractivity contribution in [3.63, 3.8) is 0 Å². The first-order valence-corrected chi connectivity index (χ1v) is 22.2. The van der Waals surface area contributed by atoms with Crippen molar-refractivity contribution in [3.8, 4) is 5.69 Å². The van der Waals surface area contributed by atoms with Gasteiger partial charge in [-0.15, -0.1) is 0 Å². The van der Waals surface area contributed by atoms with Crippen LogP contribution >= 0.6 is 0 Å². The number of hydrogen-bond donors (Lipinski definition) is 0. The molecule has 0 N–H and O–H groups in total. The zero-order valence-corrected chi connectivity index (χ0v) is 35.4. The van der Waals surface area contributed by atoms with Gasteiger partial charge in [0.15, 0.2) is 0 Å². The van der Waals surface area contributed by atoms with E-state index >= 15 is 0 Å². The molecular formula is C60H37N3O3. The first-order chi connectivity index (χ1) is 32.7. The first-order valence-electron chi connectivity index (χ1n) is 22.2. The van der Waals surface area contributed by atoms with Gasteiger partial charge in [0.05, 0.1) is 44.6 Å². The molecule has 0 radical (unpaired) electrons. The molecule has 0 bridgehead atoms. The van der Waals surface area contributed by atoms with Crippen LogP contribution in [0.1, 0.15) is 0 Å². The van der Waals surface area contributed by atoms with Crippen LogP contribution in [0, 0.1) is 0 Å². The van der Waals surface area contributed by atoms with E-state index in [1.165, 1.54) is 0 Å². The molecule has 0 aliphatic carbocycles. The summed E-state index contributed by atoms with van der Waals surface area (Å²) in [5.41, 5.74) is 14.3. The lowest BCUT2D eigenvalue weighted by Crippen LogP contribution is -2.14. The summed E-state index contributed by atoms with van der Waals surface area (Å²) in [6, 6.07) is 79.2. The fourth-order valence-corrected chi connectivity index (χ4v) is 10.4. The predicted octanol–water partition coefficient (Wildman–Crippen LogP) is 17.4. The van der Waals surface area contributed by atoms with E-state index in [4.69, 9.17) is 13.3 Å². The molecule has 0 atom stereocenters. The maximum absolute atomic E-state index is 6.58. The Hall–Kier alpha value is -9.00. The maximum Gasteiger partial charge on any atom is 0.137 e. The number of aromatic nitrogens is 1. The summed E-state index contributed by atoms with van der Waals surface area (Å²) in [6.45, 7) is 0. The van der Waals surface area contributed by atoms with Gasteiger partial charge in [0.25, 0.3) is 0 Å². The van der Waals surface area contributed by atoms with Crippen molar-refractivity contribution < 1.29 is 13.3 Å². The number of rotatable bonds is 7. The minimum Gasteiger partial charge on any atom is -0.456 e. The second kappa shape index (κ2) is 14.3. The number of fused-ring (bicyclic) bond motifs is 12. The summed E-state index contributed by atoms with van der Waals surface area (Å²) in [4.78, 5) is 4.82. The molecule has 6 heteroatoms. The molecule has 0 saturated heterocycles. The Bertz CT molecular complexity index is 4200. The Morgan fingerprint density at radius 3 is 1.41 bits per heavy atom. The second-order valence-corrected chi connectivity index (χ2v) is 16.8. The predicted molar refractivity (Wildman–Crippen MR) is 272 cm³/mol. The molecule has 0 unspecified atom stereocenters. The third-order valence-corrected chi connectivity index (χ3v) is 13.1. The van der Waals surface area contributed by atoms with Crippen LogP contribution in [0.25, 0.3) is 93.3 Å². The van der Waals surface area contributed by atoms with Crippen LogP contribution in [0.5, 0.6) is 0 Å². The minimum atomic E-state index is 0.828. The summed E-state index contributed by atoms with van der Waals surface area (Å²) >= 11 is 0. The number of anilines is 6. The van der Waals surface area contributed by atoms with E-state index in [0.717, 1.165) is 127 Å². The summed E-state index contributed by atoms with van der Waals surface area (Å²) in [5.74, 6) is 0. The third-order valence-electron chi connectivity index (χ3n) is 13.1. The molecule has 0 saturated carbocycles. The van der Waals surface area contributed by atoms with Crippen molar-refractivity contribution in [1.82, 2.24) is 4.57 Å². The van der Waals surface area contributed by atoms with Gasteiger partial charge in [-0.05, 0) is 103 Å². The molecule has 0 amide bonds. The molecule has 0 fully saturated rings. The summed E-state index contributed by atoms with van der Waals surface area (Å²) < 4.78 is 21.9. The minimum absolute atomic E-state index is 0.828. The molecule has 14 rings (SSSR count). The Morgan fingerprint density at radius 2 is 0.758 bits per heavy atom. The van der Waals surface area contributed by atoms with Crippen LogP contribution in [0.4, 0.5) is 34.1 Å².